The first-order valence-electron chi connectivity index (χ1n) is 7.55. The van der Waals surface area contributed by atoms with Crippen molar-refractivity contribution >= 4 is 29.2 Å². The molecule has 1 heterocycles. The number of urea groups is 1. The van der Waals surface area contributed by atoms with Crippen LogP contribution in [-0.2, 0) is 11.2 Å². The lowest BCUT2D eigenvalue weighted by atomic mass is 9.99. The van der Waals surface area contributed by atoms with Crippen molar-refractivity contribution in [1.82, 2.24) is 16.2 Å². The van der Waals surface area contributed by atoms with Crippen molar-refractivity contribution in [3.05, 3.63) is 21.4 Å². The summed E-state index contributed by atoms with van der Waals surface area (Å²) in [6, 6.07) is 0.214. The van der Waals surface area contributed by atoms with E-state index in [-0.39, 0.29) is 11.8 Å². The summed E-state index contributed by atoms with van der Waals surface area (Å²) in [6.45, 7) is 7.68. The Morgan fingerprint density at radius 2 is 1.91 bits per heavy atom. The van der Waals surface area contributed by atoms with Crippen molar-refractivity contribution in [2.75, 3.05) is 0 Å². The fourth-order valence-corrected chi connectivity index (χ4v) is 3.10. The van der Waals surface area contributed by atoms with Crippen LogP contribution < -0.4 is 21.9 Å². The number of amides is 4. The van der Waals surface area contributed by atoms with E-state index >= 15 is 0 Å². The number of primary amides is 1. The second-order valence-corrected chi connectivity index (χ2v) is 6.52. The first-order valence-corrected chi connectivity index (χ1v) is 8.37. The molecule has 7 nitrogen and oxygen atoms in total. The molecule has 0 bridgehead atoms. The molecule has 0 spiro atoms. The van der Waals surface area contributed by atoms with Crippen LogP contribution in [0.4, 0.5) is 4.79 Å². The van der Waals surface area contributed by atoms with Gasteiger partial charge in [0.2, 0.25) is 0 Å². The van der Waals surface area contributed by atoms with Gasteiger partial charge in [-0.25, -0.2) is 4.79 Å². The molecule has 23 heavy (non-hydrogen) atoms. The quantitative estimate of drug-likeness (QED) is 0.588. The number of thiophene rings is 1. The van der Waals surface area contributed by atoms with Crippen molar-refractivity contribution < 1.29 is 14.4 Å². The van der Waals surface area contributed by atoms with Gasteiger partial charge in [0.25, 0.3) is 11.8 Å². The molecule has 128 valence electrons. The van der Waals surface area contributed by atoms with Crippen molar-refractivity contribution in [3.8, 4) is 0 Å². The Labute approximate surface area is 140 Å². The molecule has 2 atom stereocenters. The molecule has 0 aliphatic rings. The number of hydrogen-bond acceptors (Lipinski definition) is 4. The van der Waals surface area contributed by atoms with Crippen LogP contribution in [0.5, 0.6) is 0 Å². The highest BCUT2D eigenvalue weighted by Gasteiger charge is 2.25. The molecule has 4 amide bonds. The Hall–Kier alpha value is -2.09. The van der Waals surface area contributed by atoms with Crippen LogP contribution in [0, 0.1) is 12.8 Å². The number of aryl methyl sites for hydroxylation is 2. The average Bonchev–Trinajstić information content (AvgIpc) is 2.90. The Balaban J connectivity index is 2.68. The van der Waals surface area contributed by atoms with E-state index in [2.05, 4.69) is 16.2 Å². The summed E-state index contributed by atoms with van der Waals surface area (Å²) in [7, 11) is 0. The standard InChI is InChI=1S/C15H24N4O3S/c1-5-8(3)12(17-15(16)22)14(21)19-18-13(20)11-7-9(4)10(6-2)23-11/h7-8,12H,5-6H2,1-4H3,(H,18,20)(H,19,21)(H3,16,17,22). The highest BCUT2D eigenvalue weighted by atomic mass is 32.1. The molecule has 1 aromatic rings. The topological polar surface area (TPSA) is 113 Å². The zero-order valence-corrected chi connectivity index (χ0v) is 14.7. The van der Waals surface area contributed by atoms with Crippen molar-refractivity contribution in [3.63, 3.8) is 0 Å². The molecule has 0 aromatic carbocycles. The van der Waals surface area contributed by atoms with Gasteiger partial charge in [0, 0.05) is 4.88 Å². The first-order chi connectivity index (χ1) is 10.8. The average molecular weight is 340 g/mol. The van der Waals surface area contributed by atoms with Crippen molar-refractivity contribution in [2.45, 2.75) is 46.6 Å². The van der Waals surface area contributed by atoms with E-state index in [0.29, 0.717) is 11.3 Å². The fraction of sp³-hybridized carbons (Fsp3) is 0.533. The van der Waals surface area contributed by atoms with Crippen LogP contribution in [0.1, 0.15) is 47.3 Å². The summed E-state index contributed by atoms with van der Waals surface area (Å²) in [5.41, 5.74) is 10.9. The predicted octanol–water partition coefficient (Wildman–Crippen LogP) is 1.46. The molecule has 2 unspecified atom stereocenters. The minimum Gasteiger partial charge on any atom is -0.352 e. The maximum atomic E-state index is 12.2. The summed E-state index contributed by atoms with van der Waals surface area (Å²) < 4.78 is 0. The van der Waals surface area contributed by atoms with E-state index in [4.69, 9.17) is 5.73 Å². The Bertz CT molecular complexity index is 585. The number of hydrogen-bond donors (Lipinski definition) is 4. The number of nitrogens with two attached hydrogens (primary N) is 1. The molecule has 1 rings (SSSR count). The number of rotatable bonds is 6. The molecule has 8 heteroatoms. The van der Waals surface area contributed by atoms with Gasteiger partial charge in [0.1, 0.15) is 6.04 Å². The van der Waals surface area contributed by atoms with Crippen LogP contribution in [0.2, 0.25) is 0 Å². The summed E-state index contributed by atoms with van der Waals surface area (Å²) in [4.78, 5) is 36.9. The number of nitrogens with one attached hydrogen (secondary N) is 3. The smallest absolute Gasteiger partial charge is 0.312 e. The minimum absolute atomic E-state index is 0.116. The van der Waals surface area contributed by atoms with Gasteiger partial charge < -0.3 is 11.1 Å². The lowest BCUT2D eigenvalue weighted by molar-refractivity contribution is -0.124. The van der Waals surface area contributed by atoms with Gasteiger partial charge in [0.05, 0.1) is 4.88 Å². The van der Waals surface area contributed by atoms with E-state index < -0.39 is 18.0 Å². The van der Waals surface area contributed by atoms with Crippen LogP contribution >= 0.6 is 11.3 Å². The third-order valence-corrected chi connectivity index (χ3v) is 5.04. The largest absolute Gasteiger partial charge is 0.352 e. The number of carbonyl (C=O) groups excluding carboxylic acids is 3. The first kappa shape index (κ1) is 19.0. The van der Waals surface area contributed by atoms with E-state index in [9.17, 15) is 14.4 Å². The number of carbonyl (C=O) groups is 3. The van der Waals surface area contributed by atoms with Gasteiger partial charge in [-0.3, -0.25) is 20.4 Å². The minimum atomic E-state index is -0.797. The fourth-order valence-electron chi connectivity index (χ4n) is 2.10. The summed E-state index contributed by atoms with van der Waals surface area (Å²) >= 11 is 1.40. The molecule has 0 radical (unpaired) electrons. The SMILES string of the molecule is CCc1sc(C(=O)NNC(=O)C(NC(N)=O)C(C)CC)cc1C. The number of hydrazine groups is 1. The van der Waals surface area contributed by atoms with Crippen molar-refractivity contribution in [1.29, 1.82) is 0 Å². The van der Waals surface area contributed by atoms with Crippen LogP contribution in [-0.4, -0.2) is 23.9 Å². The molecule has 0 saturated carbocycles. The molecule has 1 aromatic heterocycles. The summed E-state index contributed by atoms with van der Waals surface area (Å²) in [6.07, 6.45) is 1.53. The molecular formula is C15H24N4O3S. The third kappa shape index (κ3) is 5.24. The molecule has 0 aliphatic carbocycles. The maximum absolute atomic E-state index is 12.2. The van der Waals surface area contributed by atoms with Gasteiger partial charge in [0.15, 0.2) is 0 Å². The van der Waals surface area contributed by atoms with Crippen LogP contribution in [0.25, 0.3) is 0 Å². The monoisotopic (exact) mass is 340 g/mol. The lowest BCUT2D eigenvalue weighted by Crippen LogP contribution is -2.55. The predicted molar refractivity (Wildman–Crippen MR) is 90.0 cm³/mol. The molecular weight excluding hydrogens is 316 g/mol. The molecule has 0 aliphatic heterocycles. The van der Waals surface area contributed by atoms with Crippen molar-refractivity contribution in [2.24, 2.45) is 11.7 Å². The zero-order valence-electron chi connectivity index (χ0n) is 13.9. The highest BCUT2D eigenvalue weighted by molar-refractivity contribution is 7.14. The van der Waals surface area contributed by atoms with E-state index in [1.807, 2.05) is 27.7 Å². The molecule has 0 fully saturated rings. The zero-order chi connectivity index (χ0) is 17.6. The highest BCUT2D eigenvalue weighted by Crippen LogP contribution is 2.22. The third-order valence-electron chi connectivity index (χ3n) is 3.66. The van der Waals surface area contributed by atoms with Gasteiger partial charge in [-0.2, -0.15) is 0 Å². The summed E-state index contributed by atoms with van der Waals surface area (Å²) in [5.74, 6) is -1.00. The van der Waals surface area contributed by atoms with E-state index in [1.165, 1.54) is 11.3 Å². The van der Waals surface area contributed by atoms with Gasteiger partial charge >= 0.3 is 6.03 Å². The van der Waals surface area contributed by atoms with Crippen LogP contribution in [0.3, 0.4) is 0 Å². The second-order valence-electron chi connectivity index (χ2n) is 5.39. The Morgan fingerprint density at radius 3 is 2.39 bits per heavy atom. The Kier molecular flexibility index (Phi) is 7.02. The lowest BCUT2D eigenvalue weighted by Gasteiger charge is -2.22. The van der Waals surface area contributed by atoms with Crippen LogP contribution in [0.15, 0.2) is 6.07 Å². The normalized spacial score (nSPS) is 13.0. The second kappa shape index (κ2) is 8.52. The maximum Gasteiger partial charge on any atom is 0.312 e. The van der Waals surface area contributed by atoms with Gasteiger partial charge in [-0.05, 0) is 30.9 Å². The summed E-state index contributed by atoms with van der Waals surface area (Å²) in [5, 5.41) is 2.39. The molecule has 5 N–H and O–H groups in total. The van der Waals surface area contributed by atoms with E-state index in [1.54, 1.807) is 6.07 Å². The Morgan fingerprint density at radius 1 is 1.26 bits per heavy atom. The van der Waals surface area contributed by atoms with Gasteiger partial charge in [-0.1, -0.05) is 27.2 Å². The van der Waals surface area contributed by atoms with E-state index in [0.717, 1.165) is 16.9 Å². The van der Waals surface area contributed by atoms with Gasteiger partial charge in [-0.15, -0.1) is 11.3 Å². The molecule has 0 saturated heterocycles.